The van der Waals surface area contributed by atoms with E-state index in [2.05, 4.69) is 27.0 Å². The zero-order valence-electron chi connectivity index (χ0n) is 19.8. The van der Waals surface area contributed by atoms with E-state index in [0.717, 1.165) is 23.7 Å². The van der Waals surface area contributed by atoms with Crippen LogP contribution in [0.2, 0.25) is 0 Å². The molecule has 10 nitrogen and oxygen atoms in total. The Kier molecular flexibility index (Phi) is 5.07. The highest BCUT2D eigenvalue weighted by atomic mass is 16.5. The van der Waals surface area contributed by atoms with Crippen LogP contribution in [-0.4, -0.2) is 47.3 Å². The highest BCUT2D eigenvalue weighted by molar-refractivity contribution is 6.06. The van der Waals surface area contributed by atoms with E-state index < -0.39 is 41.1 Å². The summed E-state index contributed by atoms with van der Waals surface area (Å²) in [6.45, 7) is 0. The molecule has 1 aliphatic heterocycles. The number of imide groups is 1. The zero-order chi connectivity index (χ0) is 25.2. The lowest BCUT2D eigenvalue weighted by atomic mass is 9.71. The standard InChI is InChI=1S/C26H27N5O5/c1-36-19-4-2-3-16-14(19)9-18(28-16)22(32)29-17(7-12-5-6-12)23(33)31-26(11-27)10-13-8-15(26)21-20(13)24(34)30-25(21)35/h2-4,9,12-13,15,17,20-21,28H,5-8,10H2,1H3,(H,29,32)(H,31,33)(H,30,34,35)/t13-,15-,17-,20+,21+,26+/m0/s1. The van der Waals surface area contributed by atoms with Crippen LogP contribution < -0.4 is 20.7 Å². The van der Waals surface area contributed by atoms with Crippen LogP contribution in [0.1, 0.15) is 42.6 Å². The molecule has 36 heavy (non-hydrogen) atoms. The molecule has 6 atom stereocenters. The average molecular weight is 490 g/mol. The number of fused-ring (bicyclic) bond motifs is 6. The molecule has 0 spiro atoms. The first-order chi connectivity index (χ1) is 17.3. The van der Waals surface area contributed by atoms with E-state index >= 15 is 0 Å². The van der Waals surface area contributed by atoms with Crippen molar-refractivity contribution >= 4 is 34.5 Å². The van der Waals surface area contributed by atoms with Gasteiger partial charge < -0.3 is 20.4 Å². The molecule has 2 bridgehead atoms. The monoisotopic (exact) mass is 489 g/mol. The van der Waals surface area contributed by atoms with Crippen LogP contribution in [0.3, 0.4) is 0 Å². The Bertz CT molecular complexity index is 1340. The summed E-state index contributed by atoms with van der Waals surface area (Å²) in [5, 5.41) is 19.1. The van der Waals surface area contributed by atoms with Crippen molar-refractivity contribution in [3.63, 3.8) is 0 Å². The highest BCUT2D eigenvalue weighted by Crippen LogP contribution is 2.58. The minimum atomic E-state index is -1.23. The van der Waals surface area contributed by atoms with Crippen molar-refractivity contribution in [1.29, 1.82) is 5.26 Å². The number of aromatic amines is 1. The van der Waals surface area contributed by atoms with Gasteiger partial charge in [0.2, 0.25) is 17.7 Å². The van der Waals surface area contributed by atoms with Crippen LogP contribution in [0.5, 0.6) is 5.75 Å². The van der Waals surface area contributed by atoms with Gasteiger partial charge in [-0.25, -0.2) is 0 Å². The average Bonchev–Trinajstić information content (AvgIpc) is 3.19. The van der Waals surface area contributed by atoms with Gasteiger partial charge in [-0.05, 0) is 49.3 Å². The van der Waals surface area contributed by atoms with Crippen LogP contribution in [0, 0.1) is 40.9 Å². The topological polar surface area (TPSA) is 153 Å². The fourth-order valence-corrected chi connectivity index (χ4v) is 6.65. The molecule has 2 heterocycles. The van der Waals surface area contributed by atoms with E-state index in [1.54, 1.807) is 19.2 Å². The van der Waals surface area contributed by atoms with Gasteiger partial charge in [0.05, 0.1) is 25.0 Å². The van der Waals surface area contributed by atoms with Crippen LogP contribution in [-0.2, 0) is 14.4 Å². The van der Waals surface area contributed by atoms with Gasteiger partial charge in [0, 0.05) is 16.8 Å². The van der Waals surface area contributed by atoms with Gasteiger partial charge in [0.15, 0.2) is 0 Å². The van der Waals surface area contributed by atoms with Crippen molar-refractivity contribution in [3.05, 3.63) is 30.0 Å². The number of nitrogens with one attached hydrogen (secondary N) is 4. The first-order valence-corrected chi connectivity index (χ1v) is 12.4. The Morgan fingerprint density at radius 3 is 2.75 bits per heavy atom. The second kappa shape index (κ2) is 8.08. The van der Waals surface area contributed by atoms with Crippen molar-refractivity contribution in [2.24, 2.45) is 29.6 Å². The number of nitriles is 1. The largest absolute Gasteiger partial charge is 0.496 e. The second-order valence-electron chi connectivity index (χ2n) is 10.6. The quantitative estimate of drug-likeness (QED) is 0.431. The molecule has 2 aromatic rings. The molecule has 0 unspecified atom stereocenters. The fraction of sp³-hybridized carbons (Fsp3) is 0.500. The Hall–Kier alpha value is -3.87. The molecule has 186 valence electrons. The molecule has 0 radical (unpaired) electrons. The van der Waals surface area contributed by atoms with Gasteiger partial charge in [-0.15, -0.1) is 0 Å². The van der Waals surface area contributed by atoms with Gasteiger partial charge >= 0.3 is 0 Å². The number of methoxy groups -OCH3 is 1. The molecular formula is C26H27N5O5. The number of carbonyl (C=O) groups is 4. The summed E-state index contributed by atoms with van der Waals surface area (Å²) in [6.07, 6.45) is 3.33. The van der Waals surface area contributed by atoms with Gasteiger partial charge in [-0.2, -0.15) is 5.26 Å². The molecule has 10 heteroatoms. The number of amides is 4. The Morgan fingerprint density at radius 2 is 2.03 bits per heavy atom. The predicted molar refractivity (Wildman–Crippen MR) is 126 cm³/mol. The minimum Gasteiger partial charge on any atom is -0.496 e. The number of benzene rings is 1. The molecule has 1 saturated heterocycles. The van der Waals surface area contributed by atoms with E-state index in [1.165, 1.54) is 0 Å². The van der Waals surface area contributed by atoms with Crippen LogP contribution >= 0.6 is 0 Å². The molecule has 4 fully saturated rings. The maximum absolute atomic E-state index is 13.5. The number of rotatable bonds is 7. The van der Waals surface area contributed by atoms with Crippen LogP contribution in [0.15, 0.2) is 24.3 Å². The second-order valence-corrected chi connectivity index (χ2v) is 10.6. The lowest BCUT2D eigenvalue weighted by molar-refractivity contribution is -0.129. The van der Waals surface area contributed by atoms with Crippen LogP contribution in [0.4, 0.5) is 0 Å². The highest BCUT2D eigenvalue weighted by Gasteiger charge is 2.67. The van der Waals surface area contributed by atoms with Crippen molar-refractivity contribution in [3.8, 4) is 11.8 Å². The summed E-state index contributed by atoms with van der Waals surface area (Å²) in [5.74, 6) is -2.06. The Balaban J connectivity index is 1.22. The lowest BCUT2D eigenvalue weighted by Gasteiger charge is -2.37. The number of nitrogens with zero attached hydrogens (tertiary/aromatic N) is 1. The number of carbonyl (C=O) groups excluding carboxylic acids is 4. The van der Waals surface area contributed by atoms with Crippen molar-refractivity contribution in [1.82, 2.24) is 20.9 Å². The maximum atomic E-state index is 13.5. The molecule has 4 aliphatic rings. The SMILES string of the molecule is COc1cccc2[nH]c(C(=O)N[C@@H](CC3CC3)C(=O)N[C@@]3(C#N)C[C@@H]4C[C@H]3[C@H]3C(=O)NC(=O)[C@H]43)cc12. The normalized spacial score (nSPS) is 31.0. The predicted octanol–water partition coefficient (Wildman–Crippen LogP) is 1.38. The molecule has 1 aromatic carbocycles. The van der Waals surface area contributed by atoms with Crippen molar-refractivity contribution < 1.29 is 23.9 Å². The Morgan fingerprint density at radius 1 is 1.25 bits per heavy atom. The summed E-state index contributed by atoms with van der Waals surface area (Å²) in [4.78, 5) is 54.4. The number of aromatic nitrogens is 1. The summed E-state index contributed by atoms with van der Waals surface area (Å²) in [5.41, 5.74) is -0.180. The van der Waals surface area contributed by atoms with E-state index in [1.807, 2.05) is 12.1 Å². The molecule has 3 saturated carbocycles. The smallest absolute Gasteiger partial charge is 0.268 e. The third-order valence-electron chi connectivity index (χ3n) is 8.48. The first kappa shape index (κ1) is 22.6. The summed E-state index contributed by atoms with van der Waals surface area (Å²) in [6, 6.07) is 8.61. The number of hydrogen-bond acceptors (Lipinski definition) is 6. The third-order valence-corrected chi connectivity index (χ3v) is 8.48. The van der Waals surface area contributed by atoms with E-state index in [-0.39, 0.29) is 17.7 Å². The summed E-state index contributed by atoms with van der Waals surface area (Å²) < 4.78 is 5.37. The molecule has 6 rings (SSSR count). The van der Waals surface area contributed by atoms with Gasteiger partial charge in [0.1, 0.15) is 23.0 Å². The Labute approximate surface area is 207 Å². The molecule has 3 aliphatic carbocycles. The van der Waals surface area contributed by atoms with Crippen LogP contribution in [0.25, 0.3) is 10.9 Å². The molecular weight excluding hydrogens is 462 g/mol. The van der Waals surface area contributed by atoms with Crippen molar-refractivity contribution in [2.45, 2.75) is 43.7 Å². The lowest BCUT2D eigenvalue weighted by Crippen LogP contribution is -2.59. The van der Waals surface area contributed by atoms with Gasteiger partial charge in [-0.1, -0.05) is 18.9 Å². The van der Waals surface area contributed by atoms with Crippen molar-refractivity contribution in [2.75, 3.05) is 7.11 Å². The number of H-pyrrole nitrogens is 1. The molecule has 1 aromatic heterocycles. The van der Waals surface area contributed by atoms with E-state index in [4.69, 9.17) is 4.74 Å². The molecule has 4 N–H and O–H groups in total. The van der Waals surface area contributed by atoms with E-state index in [9.17, 15) is 24.4 Å². The zero-order valence-corrected chi connectivity index (χ0v) is 19.8. The third kappa shape index (κ3) is 3.45. The molecule has 4 amide bonds. The number of ether oxygens (including phenoxy) is 1. The summed E-state index contributed by atoms with van der Waals surface area (Å²) >= 11 is 0. The maximum Gasteiger partial charge on any atom is 0.268 e. The fourth-order valence-electron chi connectivity index (χ4n) is 6.65. The van der Waals surface area contributed by atoms with Gasteiger partial charge in [0.25, 0.3) is 5.91 Å². The summed E-state index contributed by atoms with van der Waals surface area (Å²) in [7, 11) is 1.56. The number of hydrogen-bond donors (Lipinski definition) is 4. The minimum absolute atomic E-state index is 0.121. The first-order valence-electron chi connectivity index (χ1n) is 12.4. The van der Waals surface area contributed by atoms with E-state index in [0.29, 0.717) is 36.6 Å². The van der Waals surface area contributed by atoms with Gasteiger partial charge in [-0.3, -0.25) is 24.5 Å².